The third-order valence-electron chi connectivity index (χ3n) is 12.5. The van der Waals surface area contributed by atoms with Crippen LogP contribution in [0.15, 0.2) is 146 Å². The molecule has 0 aliphatic carbocycles. The molecule has 0 amide bonds. The van der Waals surface area contributed by atoms with Crippen LogP contribution in [0.2, 0.25) is 0 Å². The van der Waals surface area contributed by atoms with E-state index in [0.717, 1.165) is 11.4 Å². The molecule has 318 valence electrons. The zero-order valence-electron chi connectivity index (χ0n) is 40.3. The molecule has 7 aromatic carbocycles. The molecule has 1 nitrogen and oxygen atoms in total. The maximum Gasteiger partial charge on any atom is 0.0520 e. The predicted molar refractivity (Wildman–Crippen MR) is 272 cm³/mol. The summed E-state index contributed by atoms with van der Waals surface area (Å²) in [7, 11) is 0. The van der Waals surface area contributed by atoms with E-state index in [-0.39, 0.29) is 21.7 Å². The van der Waals surface area contributed by atoms with Crippen LogP contribution in [0.3, 0.4) is 0 Å². The van der Waals surface area contributed by atoms with Crippen molar-refractivity contribution in [3.8, 4) is 44.5 Å². The van der Waals surface area contributed by atoms with E-state index in [1.165, 1.54) is 89.1 Å². The van der Waals surface area contributed by atoms with Crippen molar-refractivity contribution in [3.05, 3.63) is 185 Å². The number of aryl methyl sites for hydroxylation is 3. The molecule has 7 rings (SSSR count). The van der Waals surface area contributed by atoms with Crippen molar-refractivity contribution in [1.29, 1.82) is 0 Å². The zero-order valence-corrected chi connectivity index (χ0v) is 40.3. The summed E-state index contributed by atoms with van der Waals surface area (Å²) in [5, 5.41) is 0. The van der Waals surface area contributed by atoms with Crippen LogP contribution in [0.1, 0.15) is 122 Å². The van der Waals surface area contributed by atoms with E-state index < -0.39 is 0 Å². The van der Waals surface area contributed by atoms with Gasteiger partial charge in [0.2, 0.25) is 0 Å². The lowest BCUT2D eigenvalue weighted by atomic mass is 9.85. The summed E-state index contributed by atoms with van der Waals surface area (Å²) in [6.45, 7) is 34.2. The summed E-state index contributed by atoms with van der Waals surface area (Å²) in [6, 6.07) is 55.9. The Kier molecular flexibility index (Phi) is 11.9. The molecule has 0 unspecified atom stereocenters. The van der Waals surface area contributed by atoms with Crippen LogP contribution in [0, 0.1) is 20.8 Å². The maximum atomic E-state index is 2.53. The molecule has 0 bridgehead atoms. The lowest BCUT2D eigenvalue weighted by Gasteiger charge is -2.31. The Balaban J connectivity index is 1.53. The zero-order chi connectivity index (χ0) is 44.9. The summed E-state index contributed by atoms with van der Waals surface area (Å²) in [4.78, 5) is 2.53. The van der Waals surface area contributed by atoms with Gasteiger partial charge in [0.25, 0.3) is 0 Å². The average molecular weight is 816 g/mol. The smallest absolute Gasteiger partial charge is 0.0520 e. The third-order valence-corrected chi connectivity index (χ3v) is 12.5. The van der Waals surface area contributed by atoms with Gasteiger partial charge in [-0.2, -0.15) is 0 Å². The Hall–Kier alpha value is -5.66. The van der Waals surface area contributed by atoms with E-state index >= 15 is 0 Å². The largest absolute Gasteiger partial charge is 0.310 e. The van der Waals surface area contributed by atoms with Crippen LogP contribution in [0.5, 0.6) is 0 Å². The van der Waals surface area contributed by atoms with Crippen molar-refractivity contribution in [2.24, 2.45) is 0 Å². The van der Waals surface area contributed by atoms with E-state index in [2.05, 4.69) is 254 Å². The normalized spacial score (nSPS) is 12.4. The SMILES string of the molecule is Cc1cc(C)c(N(c2cc(-c3ccc(C(C)(C)C)cc3)cc(-c3ccc(C(C)(C)C)cc3)c2)c2cc(-c3ccc(C(C)(C)C)cc3)cc(-c3ccc(C(C)(C)C)cc3)c2)c(C)c1. The van der Waals surface area contributed by atoms with Gasteiger partial charge in [-0.1, -0.05) is 198 Å². The van der Waals surface area contributed by atoms with Gasteiger partial charge in [0.05, 0.1) is 5.69 Å². The average Bonchev–Trinajstić information content (AvgIpc) is 3.20. The molecule has 0 aromatic heterocycles. The van der Waals surface area contributed by atoms with E-state index in [9.17, 15) is 0 Å². The Labute approximate surface area is 374 Å². The molecule has 0 aliphatic heterocycles. The van der Waals surface area contributed by atoms with Crippen LogP contribution < -0.4 is 4.90 Å². The number of hydrogen-bond acceptors (Lipinski definition) is 1. The summed E-state index contributed by atoms with van der Waals surface area (Å²) in [5.74, 6) is 0. The molecular weight excluding hydrogens is 747 g/mol. The molecule has 7 aromatic rings. The summed E-state index contributed by atoms with van der Waals surface area (Å²) in [5.41, 5.74) is 22.4. The maximum absolute atomic E-state index is 2.53. The minimum absolute atomic E-state index is 0.0699. The molecule has 0 atom stereocenters. The van der Waals surface area contributed by atoms with Gasteiger partial charge in [0, 0.05) is 11.4 Å². The quantitative estimate of drug-likeness (QED) is 0.155. The van der Waals surface area contributed by atoms with Gasteiger partial charge in [-0.3, -0.25) is 0 Å². The second kappa shape index (κ2) is 16.6. The summed E-state index contributed by atoms with van der Waals surface area (Å²) >= 11 is 0. The number of nitrogens with zero attached hydrogens (tertiary/aromatic N) is 1. The fraction of sp³-hybridized carbons (Fsp3) is 0.311. The Morgan fingerprint density at radius 3 is 0.710 bits per heavy atom. The lowest BCUT2D eigenvalue weighted by molar-refractivity contribution is 0.590. The number of benzene rings is 7. The van der Waals surface area contributed by atoms with Crippen molar-refractivity contribution in [2.75, 3.05) is 4.90 Å². The molecule has 1 heteroatoms. The molecule has 0 fully saturated rings. The van der Waals surface area contributed by atoms with Crippen molar-refractivity contribution in [1.82, 2.24) is 0 Å². The van der Waals surface area contributed by atoms with Crippen LogP contribution in [-0.4, -0.2) is 0 Å². The highest BCUT2D eigenvalue weighted by Crippen LogP contribution is 2.45. The first-order valence-corrected chi connectivity index (χ1v) is 22.6. The summed E-state index contributed by atoms with van der Waals surface area (Å²) in [6.07, 6.45) is 0. The van der Waals surface area contributed by atoms with Gasteiger partial charge in [0.1, 0.15) is 0 Å². The number of rotatable bonds is 7. The minimum Gasteiger partial charge on any atom is -0.310 e. The van der Waals surface area contributed by atoms with Crippen LogP contribution in [-0.2, 0) is 21.7 Å². The van der Waals surface area contributed by atoms with Gasteiger partial charge in [0.15, 0.2) is 0 Å². The topological polar surface area (TPSA) is 3.24 Å². The van der Waals surface area contributed by atoms with Gasteiger partial charge < -0.3 is 4.90 Å². The molecule has 62 heavy (non-hydrogen) atoms. The molecule has 0 radical (unpaired) electrons. The first kappa shape index (κ1) is 44.4. The monoisotopic (exact) mass is 816 g/mol. The van der Waals surface area contributed by atoms with E-state index in [0.29, 0.717) is 0 Å². The highest BCUT2D eigenvalue weighted by atomic mass is 15.1. The first-order chi connectivity index (χ1) is 29.0. The molecule has 0 aliphatic rings. The Morgan fingerprint density at radius 2 is 0.500 bits per heavy atom. The molecule has 0 spiro atoms. The predicted octanol–water partition coefficient (Wildman–Crippen LogP) is 17.9. The van der Waals surface area contributed by atoms with Crippen LogP contribution in [0.4, 0.5) is 17.1 Å². The first-order valence-electron chi connectivity index (χ1n) is 22.6. The van der Waals surface area contributed by atoms with Crippen molar-refractivity contribution in [3.63, 3.8) is 0 Å². The lowest BCUT2D eigenvalue weighted by Crippen LogP contribution is -2.14. The fourth-order valence-corrected chi connectivity index (χ4v) is 8.73. The molecule has 0 N–H and O–H groups in total. The van der Waals surface area contributed by atoms with Crippen molar-refractivity contribution < 1.29 is 0 Å². The van der Waals surface area contributed by atoms with Gasteiger partial charge in [-0.15, -0.1) is 0 Å². The standard InChI is InChI=1S/C61H69N/c1-40-32-41(2)57(42(3)33-40)62(55-36-47(43-16-24-51(25-17-43)58(4,5)6)34-48(37-55)44-18-26-52(27-19-44)59(7,8)9)56-38-49(45-20-28-53(29-21-45)60(10,11)12)35-50(39-56)46-22-30-54(31-23-46)61(13,14)15/h16-39H,1-15H3. The number of anilines is 3. The van der Waals surface area contributed by atoms with Crippen molar-refractivity contribution in [2.45, 2.75) is 126 Å². The third kappa shape index (κ3) is 9.69. The van der Waals surface area contributed by atoms with Gasteiger partial charge >= 0.3 is 0 Å². The Bertz CT molecular complexity index is 2340. The molecule has 0 saturated carbocycles. The van der Waals surface area contributed by atoms with Crippen molar-refractivity contribution >= 4 is 17.1 Å². The summed E-state index contributed by atoms with van der Waals surface area (Å²) < 4.78 is 0. The van der Waals surface area contributed by atoms with E-state index in [1.54, 1.807) is 0 Å². The van der Waals surface area contributed by atoms with Gasteiger partial charge in [-0.25, -0.2) is 0 Å². The minimum atomic E-state index is 0.0699. The second-order valence-electron chi connectivity index (χ2n) is 21.9. The second-order valence-corrected chi connectivity index (χ2v) is 21.9. The van der Waals surface area contributed by atoms with Gasteiger partial charge in [-0.05, 0) is 157 Å². The highest BCUT2D eigenvalue weighted by molar-refractivity contribution is 5.90. The van der Waals surface area contributed by atoms with Crippen LogP contribution >= 0.6 is 0 Å². The van der Waals surface area contributed by atoms with E-state index in [1.807, 2.05) is 0 Å². The van der Waals surface area contributed by atoms with E-state index in [4.69, 9.17) is 0 Å². The Morgan fingerprint density at radius 1 is 0.274 bits per heavy atom. The molecular formula is C61H69N. The number of hydrogen-bond donors (Lipinski definition) is 0. The van der Waals surface area contributed by atoms with Crippen LogP contribution in [0.25, 0.3) is 44.5 Å². The molecule has 0 heterocycles. The highest BCUT2D eigenvalue weighted by Gasteiger charge is 2.23. The fourth-order valence-electron chi connectivity index (χ4n) is 8.73. The molecule has 0 saturated heterocycles.